The summed E-state index contributed by atoms with van der Waals surface area (Å²) in [5.41, 5.74) is 1.16. The molecule has 2 rings (SSSR count). The molecule has 0 atom stereocenters. The Hall–Kier alpha value is -1.94. The van der Waals surface area contributed by atoms with Gasteiger partial charge in [0.1, 0.15) is 17.2 Å². The fourth-order valence-corrected chi connectivity index (χ4v) is 1.97. The fourth-order valence-electron chi connectivity index (χ4n) is 1.81. The minimum atomic E-state index is -0.878. The third-order valence-electron chi connectivity index (χ3n) is 2.79. The van der Waals surface area contributed by atoms with Crippen LogP contribution in [0.25, 0.3) is 0 Å². The van der Waals surface area contributed by atoms with Crippen LogP contribution in [0.3, 0.4) is 0 Å². The van der Waals surface area contributed by atoms with Crippen LogP contribution in [0.4, 0.5) is 8.78 Å². The van der Waals surface area contributed by atoms with Crippen LogP contribution in [-0.2, 0) is 12.4 Å². The van der Waals surface area contributed by atoms with Gasteiger partial charge in [0, 0.05) is 12.4 Å². The molecule has 0 saturated carbocycles. The lowest BCUT2D eigenvalue weighted by atomic mass is 10.1. The number of benzene rings is 2. The molecule has 0 heterocycles. The van der Waals surface area contributed by atoms with Gasteiger partial charge < -0.3 is 5.32 Å². The van der Waals surface area contributed by atoms with Crippen molar-refractivity contribution in [2.45, 2.75) is 12.4 Å². The van der Waals surface area contributed by atoms with Gasteiger partial charge in [0.15, 0.2) is 0 Å². The second-order valence-electron chi connectivity index (χ2n) is 4.23. The first-order valence-electron chi connectivity index (χ1n) is 5.98. The number of alkyl halides is 1. The van der Waals surface area contributed by atoms with E-state index >= 15 is 0 Å². The molecule has 0 aliphatic heterocycles. The van der Waals surface area contributed by atoms with Crippen molar-refractivity contribution in [2.24, 2.45) is 0 Å². The van der Waals surface area contributed by atoms with Crippen LogP contribution < -0.4 is 5.32 Å². The molecular weight excluding hydrogens is 284 g/mol. The monoisotopic (exact) mass is 295 g/mol. The van der Waals surface area contributed by atoms with Gasteiger partial charge in [-0.1, -0.05) is 30.3 Å². The van der Waals surface area contributed by atoms with Crippen molar-refractivity contribution < 1.29 is 13.6 Å². The Morgan fingerprint density at radius 1 is 1.05 bits per heavy atom. The van der Waals surface area contributed by atoms with Crippen LogP contribution >= 0.6 is 11.6 Å². The molecule has 2 nitrogen and oxygen atoms in total. The molecule has 2 aromatic rings. The largest absolute Gasteiger partial charge is 0.348 e. The summed E-state index contributed by atoms with van der Waals surface area (Å²) in [4.78, 5) is 11.8. The molecule has 0 unspecified atom stereocenters. The zero-order valence-electron chi connectivity index (χ0n) is 10.5. The van der Waals surface area contributed by atoms with Gasteiger partial charge in [-0.3, -0.25) is 4.79 Å². The van der Waals surface area contributed by atoms with Crippen molar-refractivity contribution in [1.82, 2.24) is 5.32 Å². The molecule has 20 heavy (non-hydrogen) atoms. The molecule has 0 bridgehead atoms. The summed E-state index contributed by atoms with van der Waals surface area (Å²) in [5, 5.41) is 2.49. The average molecular weight is 296 g/mol. The zero-order valence-corrected chi connectivity index (χ0v) is 11.3. The normalized spacial score (nSPS) is 10.3. The molecule has 0 saturated heterocycles. The maximum absolute atomic E-state index is 13.4. The molecule has 1 N–H and O–H groups in total. The molecule has 0 aliphatic carbocycles. The number of amides is 1. The Kier molecular flexibility index (Phi) is 4.69. The molecular formula is C15H12ClF2NO. The molecule has 1 amide bonds. The predicted octanol–water partition coefficient (Wildman–Crippen LogP) is 3.63. The van der Waals surface area contributed by atoms with E-state index in [-0.39, 0.29) is 6.54 Å². The maximum atomic E-state index is 13.4. The van der Waals surface area contributed by atoms with E-state index in [1.165, 1.54) is 6.07 Å². The molecule has 104 valence electrons. The lowest BCUT2D eigenvalue weighted by Crippen LogP contribution is -2.25. The second-order valence-corrected chi connectivity index (χ2v) is 4.50. The number of hydrogen-bond donors (Lipinski definition) is 1. The van der Waals surface area contributed by atoms with E-state index in [9.17, 15) is 13.6 Å². The first-order chi connectivity index (χ1) is 9.61. The Balaban J connectivity index is 2.09. The minimum absolute atomic E-state index is 0.178. The van der Waals surface area contributed by atoms with Gasteiger partial charge in [-0.05, 0) is 23.3 Å². The molecule has 0 aromatic heterocycles. The fraction of sp³-hybridized carbons (Fsp3) is 0.133. The SMILES string of the molecule is O=C(NCc1cccc(CCl)c1)c1c(F)cccc1F. The summed E-state index contributed by atoms with van der Waals surface area (Å²) in [6.45, 7) is 0.178. The van der Waals surface area contributed by atoms with E-state index in [0.29, 0.717) is 5.88 Å². The molecule has 2 aromatic carbocycles. The lowest BCUT2D eigenvalue weighted by Gasteiger charge is -2.08. The predicted molar refractivity (Wildman–Crippen MR) is 73.5 cm³/mol. The van der Waals surface area contributed by atoms with Crippen molar-refractivity contribution in [2.75, 3.05) is 0 Å². The Labute approximate surface area is 120 Å². The quantitative estimate of drug-likeness (QED) is 0.857. The highest BCUT2D eigenvalue weighted by Crippen LogP contribution is 2.12. The number of hydrogen-bond acceptors (Lipinski definition) is 1. The summed E-state index contributed by atoms with van der Waals surface area (Å²) in [6.07, 6.45) is 0. The van der Waals surface area contributed by atoms with E-state index in [4.69, 9.17) is 11.6 Å². The smallest absolute Gasteiger partial charge is 0.257 e. The van der Waals surface area contributed by atoms with E-state index in [1.54, 1.807) is 6.07 Å². The van der Waals surface area contributed by atoms with E-state index < -0.39 is 23.1 Å². The van der Waals surface area contributed by atoms with Crippen LogP contribution in [0.2, 0.25) is 0 Å². The van der Waals surface area contributed by atoms with Gasteiger partial charge >= 0.3 is 0 Å². The van der Waals surface area contributed by atoms with Crippen LogP contribution in [0.15, 0.2) is 42.5 Å². The third kappa shape index (κ3) is 3.33. The van der Waals surface area contributed by atoms with Gasteiger partial charge in [-0.25, -0.2) is 8.78 Å². The van der Waals surface area contributed by atoms with Gasteiger partial charge in [-0.15, -0.1) is 11.6 Å². The number of halogens is 3. The molecule has 0 spiro atoms. The minimum Gasteiger partial charge on any atom is -0.348 e. The molecule has 0 aliphatic rings. The lowest BCUT2D eigenvalue weighted by molar-refractivity contribution is 0.0942. The van der Waals surface area contributed by atoms with Gasteiger partial charge in [-0.2, -0.15) is 0 Å². The van der Waals surface area contributed by atoms with Crippen molar-refractivity contribution in [3.63, 3.8) is 0 Å². The summed E-state index contributed by atoms with van der Waals surface area (Å²) >= 11 is 5.71. The number of carbonyl (C=O) groups excluding carboxylic acids is 1. The van der Waals surface area contributed by atoms with E-state index in [2.05, 4.69) is 5.32 Å². The van der Waals surface area contributed by atoms with Crippen molar-refractivity contribution in [3.05, 3.63) is 70.8 Å². The van der Waals surface area contributed by atoms with Crippen LogP contribution in [-0.4, -0.2) is 5.91 Å². The van der Waals surface area contributed by atoms with E-state index in [0.717, 1.165) is 23.3 Å². The second kappa shape index (κ2) is 6.48. The topological polar surface area (TPSA) is 29.1 Å². The first kappa shape index (κ1) is 14.5. The summed E-state index contributed by atoms with van der Waals surface area (Å²) in [5.74, 6) is -2.17. The highest BCUT2D eigenvalue weighted by Gasteiger charge is 2.16. The van der Waals surface area contributed by atoms with Crippen molar-refractivity contribution >= 4 is 17.5 Å². The molecule has 5 heteroatoms. The van der Waals surface area contributed by atoms with Crippen molar-refractivity contribution in [1.29, 1.82) is 0 Å². The van der Waals surface area contributed by atoms with Crippen LogP contribution in [0.5, 0.6) is 0 Å². The van der Waals surface area contributed by atoms with Gasteiger partial charge in [0.05, 0.1) is 0 Å². The number of carbonyl (C=O) groups is 1. The Bertz CT molecular complexity index is 611. The number of rotatable bonds is 4. The molecule has 0 fully saturated rings. The van der Waals surface area contributed by atoms with Crippen molar-refractivity contribution in [3.8, 4) is 0 Å². The summed E-state index contributed by atoms with van der Waals surface area (Å²) < 4.78 is 26.9. The van der Waals surface area contributed by atoms with Gasteiger partial charge in [0.2, 0.25) is 0 Å². The molecule has 0 radical (unpaired) electrons. The zero-order chi connectivity index (χ0) is 14.5. The first-order valence-corrected chi connectivity index (χ1v) is 6.51. The summed E-state index contributed by atoms with van der Waals surface area (Å²) in [6, 6.07) is 10.6. The van der Waals surface area contributed by atoms with Crippen LogP contribution in [0, 0.1) is 11.6 Å². The Morgan fingerprint density at radius 2 is 1.65 bits per heavy atom. The third-order valence-corrected chi connectivity index (χ3v) is 3.10. The highest BCUT2D eigenvalue weighted by atomic mass is 35.5. The summed E-state index contributed by atoms with van der Waals surface area (Å²) in [7, 11) is 0. The highest BCUT2D eigenvalue weighted by molar-refractivity contribution is 6.17. The number of nitrogens with one attached hydrogen (secondary N) is 1. The van der Waals surface area contributed by atoms with Crippen LogP contribution in [0.1, 0.15) is 21.5 Å². The maximum Gasteiger partial charge on any atom is 0.257 e. The standard InChI is InChI=1S/C15H12ClF2NO/c16-8-10-3-1-4-11(7-10)9-19-15(20)14-12(17)5-2-6-13(14)18/h1-7H,8-9H2,(H,19,20). The van der Waals surface area contributed by atoms with Gasteiger partial charge in [0.25, 0.3) is 5.91 Å². The van der Waals surface area contributed by atoms with E-state index in [1.807, 2.05) is 18.2 Å². The Morgan fingerprint density at radius 3 is 2.30 bits per heavy atom. The average Bonchev–Trinajstić information content (AvgIpc) is 2.45.